The fourth-order valence-electron chi connectivity index (χ4n) is 2.25. The van der Waals surface area contributed by atoms with E-state index in [9.17, 15) is 9.59 Å². The van der Waals surface area contributed by atoms with E-state index in [1.54, 1.807) is 19.4 Å². The standard InChI is InChI=1S/C18H17N3O2S/c1-21-8-7-14(10-16(21)22)9-15-11-19-18(20-17(15)23)24-12-13-5-3-2-4-6-13/h2-8,10-11H,9,12H2,1H3,(H,19,20,23). The number of thioether (sulfide) groups is 1. The predicted octanol–water partition coefficient (Wildman–Crippen LogP) is 2.35. The smallest absolute Gasteiger partial charge is 0.255 e. The molecule has 0 unspecified atom stereocenters. The maximum absolute atomic E-state index is 12.2. The van der Waals surface area contributed by atoms with Gasteiger partial charge in [0.25, 0.3) is 11.1 Å². The first-order valence-corrected chi connectivity index (χ1v) is 8.51. The van der Waals surface area contributed by atoms with Gasteiger partial charge in [-0.2, -0.15) is 0 Å². The van der Waals surface area contributed by atoms with E-state index in [1.807, 2.05) is 36.4 Å². The zero-order chi connectivity index (χ0) is 16.9. The highest BCUT2D eigenvalue weighted by atomic mass is 32.2. The maximum atomic E-state index is 12.2. The van der Waals surface area contributed by atoms with Crippen LogP contribution in [-0.2, 0) is 19.2 Å². The Bertz CT molecular complexity index is 948. The first-order valence-electron chi connectivity index (χ1n) is 7.52. The van der Waals surface area contributed by atoms with Crippen molar-refractivity contribution in [2.45, 2.75) is 17.3 Å². The van der Waals surface area contributed by atoms with Crippen molar-refractivity contribution in [1.82, 2.24) is 14.5 Å². The molecule has 0 radical (unpaired) electrons. The third kappa shape index (κ3) is 4.02. The summed E-state index contributed by atoms with van der Waals surface area (Å²) in [5.41, 5.74) is 2.27. The topological polar surface area (TPSA) is 67.8 Å². The molecule has 0 atom stereocenters. The second-order valence-corrected chi connectivity index (χ2v) is 6.44. The van der Waals surface area contributed by atoms with Crippen molar-refractivity contribution >= 4 is 11.8 Å². The predicted molar refractivity (Wildman–Crippen MR) is 95.3 cm³/mol. The number of aryl methyl sites for hydroxylation is 1. The summed E-state index contributed by atoms with van der Waals surface area (Å²) in [6, 6.07) is 13.4. The number of pyridine rings is 1. The minimum atomic E-state index is -0.166. The van der Waals surface area contributed by atoms with Gasteiger partial charge in [-0.15, -0.1) is 0 Å². The molecule has 0 aliphatic carbocycles. The molecule has 0 amide bonds. The van der Waals surface area contributed by atoms with Crippen LogP contribution in [0.25, 0.3) is 0 Å². The average molecular weight is 339 g/mol. The molecule has 0 aliphatic heterocycles. The largest absolute Gasteiger partial charge is 0.319 e. The molecule has 0 bridgehead atoms. The SMILES string of the molecule is Cn1ccc(Cc2cnc(SCc3ccccc3)[nH]c2=O)cc1=O. The minimum Gasteiger partial charge on any atom is -0.319 e. The number of aromatic amines is 1. The Kier molecular flexibility index (Phi) is 4.96. The van der Waals surface area contributed by atoms with Gasteiger partial charge in [0, 0.05) is 43.2 Å². The molecule has 0 saturated carbocycles. The van der Waals surface area contributed by atoms with E-state index in [2.05, 4.69) is 9.97 Å². The maximum Gasteiger partial charge on any atom is 0.255 e. The Morgan fingerprint density at radius 1 is 1.12 bits per heavy atom. The lowest BCUT2D eigenvalue weighted by Gasteiger charge is -2.04. The van der Waals surface area contributed by atoms with Gasteiger partial charge in [0.1, 0.15) is 0 Å². The summed E-state index contributed by atoms with van der Waals surface area (Å²) < 4.78 is 1.50. The highest BCUT2D eigenvalue weighted by Crippen LogP contribution is 2.17. The lowest BCUT2D eigenvalue weighted by atomic mass is 10.1. The second-order valence-electron chi connectivity index (χ2n) is 5.48. The summed E-state index contributed by atoms with van der Waals surface area (Å²) in [7, 11) is 1.69. The molecule has 3 aromatic rings. The molecule has 0 spiro atoms. The van der Waals surface area contributed by atoms with Crippen LogP contribution < -0.4 is 11.1 Å². The molecule has 0 aliphatic rings. The zero-order valence-corrected chi connectivity index (χ0v) is 14.0. The number of rotatable bonds is 5. The normalized spacial score (nSPS) is 10.7. The van der Waals surface area contributed by atoms with Crippen molar-refractivity contribution in [3.63, 3.8) is 0 Å². The van der Waals surface area contributed by atoms with Crippen LogP contribution in [0, 0.1) is 0 Å². The van der Waals surface area contributed by atoms with Gasteiger partial charge in [0.2, 0.25) is 0 Å². The summed E-state index contributed by atoms with van der Waals surface area (Å²) in [5.74, 6) is 0.748. The van der Waals surface area contributed by atoms with Crippen molar-refractivity contribution in [1.29, 1.82) is 0 Å². The van der Waals surface area contributed by atoms with E-state index < -0.39 is 0 Å². The zero-order valence-electron chi connectivity index (χ0n) is 13.2. The number of hydrogen-bond acceptors (Lipinski definition) is 4. The molecule has 6 heteroatoms. The molecule has 1 aromatic carbocycles. The van der Waals surface area contributed by atoms with Crippen LogP contribution in [0.4, 0.5) is 0 Å². The molecular weight excluding hydrogens is 322 g/mol. The van der Waals surface area contributed by atoms with E-state index in [1.165, 1.54) is 28.0 Å². The lowest BCUT2D eigenvalue weighted by molar-refractivity contribution is 0.848. The number of hydrogen-bond donors (Lipinski definition) is 1. The molecule has 5 nitrogen and oxygen atoms in total. The number of H-pyrrole nitrogens is 1. The molecule has 24 heavy (non-hydrogen) atoms. The van der Waals surface area contributed by atoms with E-state index in [0.29, 0.717) is 17.1 Å². The Balaban J connectivity index is 1.71. The van der Waals surface area contributed by atoms with Crippen molar-refractivity contribution in [3.8, 4) is 0 Å². The van der Waals surface area contributed by atoms with Gasteiger partial charge in [-0.3, -0.25) is 9.59 Å². The van der Waals surface area contributed by atoms with Crippen molar-refractivity contribution in [3.05, 3.63) is 92.3 Å². The summed E-state index contributed by atoms with van der Waals surface area (Å²) in [6.45, 7) is 0. The van der Waals surface area contributed by atoms with Crippen LogP contribution in [0.2, 0.25) is 0 Å². The monoisotopic (exact) mass is 339 g/mol. The van der Waals surface area contributed by atoms with Crippen LogP contribution in [0.1, 0.15) is 16.7 Å². The van der Waals surface area contributed by atoms with E-state index in [0.717, 1.165) is 11.3 Å². The molecular formula is C18H17N3O2S. The molecule has 2 aromatic heterocycles. The van der Waals surface area contributed by atoms with Crippen molar-refractivity contribution < 1.29 is 0 Å². The number of nitrogens with one attached hydrogen (secondary N) is 1. The van der Waals surface area contributed by atoms with E-state index in [4.69, 9.17) is 0 Å². The van der Waals surface area contributed by atoms with Gasteiger partial charge in [-0.05, 0) is 17.2 Å². The summed E-state index contributed by atoms with van der Waals surface area (Å²) in [5, 5.41) is 0.594. The molecule has 0 fully saturated rings. The van der Waals surface area contributed by atoms with Crippen molar-refractivity contribution in [2.24, 2.45) is 7.05 Å². The molecule has 2 heterocycles. The Labute approximate surface area is 143 Å². The van der Waals surface area contributed by atoms with E-state index >= 15 is 0 Å². The summed E-state index contributed by atoms with van der Waals surface area (Å²) >= 11 is 1.49. The lowest BCUT2D eigenvalue weighted by Crippen LogP contribution is -2.18. The summed E-state index contributed by atoms with van der Waals surface area (Å²) in [6.07, 6.45) is 3.68. The van der Waals surface area contributed by atoms with E-state index in [-0.39, 0.29) is 11.1 Å². The molecule has 0 saturated heterocycles. The number of benzene rings is 1. The second kappa shape index (κ2) is 7.31. The average Bonchev–Trinajstić information content (AvgIpc) is 2.59. The van der Waals surface area contributed by atoms with Gasteiger partial charge in [-0.25, -0.2) is 4.98 Å². The number of nitrogens with zero attached hydrogens (tertiary/aromatic N) is 2. The van der Waals surface area contributed by atoms with Crippen LogP contribution in [-0.4, -0.2) is 14.5 Å². The molecule has 122 valence electrons. The van der Waals surface area contributed by atoms with Crippen LogP contribution >= 0.6 is 11.8 Å². The minimum absolute atomic E-state index is 0.0908. The quantitative estimate of drug-likeness (QED) is 0.572. The Morgan fingerprint density at radius 3 is 2.62 bits per heavy atom. The van der Waals surface area contributed by atoms with Crippen molar-refractivity contribution in [2.75, 3.05) is 0 Å². The van der Waals surface area contributed by atoms with Crippen LogP contribution in [0.15, 0.2) is 69.6 Å². The van der Waals surface area contributed by atoms with Crippen LogP contribution in [0.3, 0.4) is 0 Å². The fourth-order valence-corrected chi connectivity index (χ4v) is 3.04. The van der Waals surface area contributed by atoms with Gasteiger partial charge in [-0.1, -0.05) is 42.1 Å². The Morgan fingerprint density at radius 2 is 1.92 bits per heavy atom. The van der Waals surface area contributed by atoms with Gasteiger partial charge in [0.05, 0.1) is 0 Å². The molecule has 1 N–H and O–H groups in total. The summed E-state index contributed by atoms with van der Waals surface area (Å²) in [4.78, 5) is 31.0. The highest BCUT2D eigenvalue weighted by molar-refractivity contribution is 7.98. The first-order chi connectivity index (χ1) is 11.6. The van der Waals surface area contributed by atoms with Crippen LogP contribution in [0.5, 0.6) is 0 Å². The first kappa shape index (κ1) is 16.3. The van der Waals surface area contributed by atoms with Gasteiger partial charge in [0.15, 0.2) is 5.16 Å². The third-order valence-electron chi connectivity index (χ3n) is 3.63. The van der Waals surface area contributed by atoms with Gasteiger partial charge >= 0.3 is 0 Å². The third-order valence-corrected chi connectivity index (χ3v) is 4.59. The number of aromatic nitrogens is 3. The van der Waals surface area contributed by atoms with Gasteiger partial charge < -0.3 is 9.55 Å². The Hall–Kier alpha value is -2.60. The highest BCUT2D eigenvalue weighted by Gasteiger charge is 2.06. The molecule has 3 rings (SSSR count). The fraction of sp³-hybridized carbons (Fsp3) is 0.167.